The number of aliphatic hydroxyl groups is 1. The van der Waals surface area contributed by atoms with E-state index < -0.39 is 0 Å². The van der Waals surface area contributed by atoms with Gasteiger partial charge in [0.25, 0.3) is 0 Å². The second-order valence-corrected chi connectivity index (χ2v) is 6.74. The summed E-state index contributed by atoms with van der Waals surface area (Å²) in [6.07, 6.45) is 4.40. The molecule has 0 saturated heterocycles. The zero-order valence-corrected chi connectivity index (χ0v) is 14.9. The first kappa shape index (κ1) is 18.1. The highest BCUT2D eigenvalue weighted by atomic mass is 19.1. The third-order valence-corrected chi connectivity index (χ3v) is 4.16. The van der Waals surface area contributed by atoms with E-state index in [1.807, 2.05) is 18.3 Å². The molecule has 0 aliphatic rings. The van der Waals surface area contributed by atoms with E-state index in [1.165, 1.54) is 12.1 Å². The van der Waals surface area contributed by atoms with E-state index in [0.29, 0.717) is 11.7 Å². The van der Waals surface area contributed by atoms with E-state index in [4.69, 9.17) is 0 Å². The Morgan fingerprint density at radius 2 is 1.92 bits per heavy atom. The smallest absolute Gasteiger partial charge is 0.126 e. The number of halogens is 1. The van der Waals surface area contributed by atoms with Gasteiger partial charge in [-0.2, -0.15) is 5.10 Å². The highest BCUT2D eigenvalue weighted by Gasteiger charge is 2.14. The fourth-order valence-electron chi connectivity index (χ4n) is 2.97. The van der Waals surface area contributed by atoms with Gasteiger partial charge in [-0.15, -0.1) is 0 Å². The quantitative estimate of drug-likeness (QED) is 0.597. The van der Waals surface area contributed by atoms with Crippen molar-refractivity contribution in [3.8, 4) is 22.4 Å². The number of hydrogen-bond donors (Lipinski definition) is 3. The maximum Gasteiger partial charge on any atom is 0.126 e. The van der Waals surface area contributed by atoms with Crippen molar-refractivity contribution in [1.82, 2.24) is 15.2 Å². The molecule has 1 atom stereocenters. The predicted molar refractivity (Wildman–Crippen MR) is 101 cm³/mol. The van der Waals surface area contributed by atoms with Gasteiger partial charge < -0.3 is 10.4 Å². The SMILES string of the molecule is CC(C)C[C@@H](CO)Nc1cc(-c2c[nH]nc2-c2ccc(F)cc2)ccn1. The standard InChI is InChI=1S/C20H23FN4O/c1-13(2)9-17(12-26)24-19-10-15(7-8-22-19)18-11-23-25-20(18)14-3-5-16(21)6-4-14/h3-8,10-11,13,17,26H,9,12H2,1-2H3,(H,22,24)(H,23,25)/t17-/m0/s1. The van der Waals surface area contributed by atoms with Gasteiger partial charge in [0, 0.05) is 23.5 Å². The lowest BCUT2D eigenvalue weighted by atomic mass is 10.0. The maximum absolute atomic E-state index is 13.2. The molecule has 3 rings (SSSR count). The molecule has 6 heteroatoms. The van der Waals surface area contributed by atoms with E-state index >= 15 is 0 Å². The molecule has 0 amide bonds. The average Bonchev–Trinajstić information content (AvgIpc) is 3.11. The molecule has 0 fully saturated rings. The Hall–Kier alpha value is -2.73. The number of hydrogen-bond acceptors (Lipinski definition) is 4. The molecule has 136 valence electrons. The number of benzene rings is 1. The molecule has 0 saturated carbocycles. The molecule has 0 spiro atoms. The number of H-pyrrole nitrogens is 1. The predicted octanol–water partition coefficient (Wildman–Crippen LogP) is 4.10. The second kappa shape index (κ2) is 8.10. The summed E-state index contributed by atoms with van der Waals surface area (Å²) in [6, 6.07) is 10.1. The van der Waals surface area contributed by atoms with Gasteiger partial charge in [-0.25, -0.2) is 9.37 Å². The van der Waals surface area contributed by atoms with Gasteiger partial charge in [-0.1, -0.05) is 13.8 Å². The van der Waals surface area contributed by atoms with Crippen molar-refractivity contribution in [2.45, 2.75) is 26.3 Å². The molecule has 0 aliphatic heterocycles. The van der Waals surface area contributed by atoms with Crippen molar-refractivity contribution >= 4 is 5.82 Å². The van der Waals surface area contributed by atoms with Crippen LogP contribution < -0.4 is 5.32 Å². The number of nitrogens with one attached hydrogen (secondary N) is 2. The van der Waals surface area contributed by atoms with Crippen molar-refractivity contribution < 1.29 is 9.50 Å². The molecular weight excluding hydrogens is 331 g/mol. The summed E-state index contributed by atoms with van der Waals surface area (Å²) in [5, 5.41) is 20.0. The number of anilines is 1. The molecule has 2 aromatic heterocycles. The lowest BCUT2D eigenvalue weighted by Gasteiger charge is -2.19. The minimum absolute atomic E-state index is 0.0429. The Labute approximate surface area is 152 Å². The number of nitrogens with zero attached hydrogens (tertiary/aromatic N) is 2. The van der Waals surface area contributed by atoms with Crippen LogP contribution in [0.5, 0.6) is 0 Å². The second-order valence-electron chi connectivity index (χ2n) is 6.74. The maximum atomic E-state index is 13.2. The Morgan fingerprint density at radius 1 is 1.15 bits per heavy atom. The lowest BCUT2D eigenvalue weighted by Crippen LogP contribution is -2.26. The van der Waals surface area contributed by atoms with E-state index in [0.717, 1.165) is 28.8 Å². The average molecular weight is 354 g/mol. The van der Waals surface area contributed by atoms with Crippen LogP contribution in [0.25, 0.3) is 22.4 Å². The zero-order chi connectivity index (χ0) is 18.5. The number of aromatic nitrogens is 3. The Kier molecular flexibility index (Phi) is 5.63. The van der Waals surface area contributed by atoms with Gasteiger partial charge in [0.1, 0.15) is 11.6 Å². The van der Waals surface area contributed by atoms with Crippen LogP contribution in [-0.2, 0) is 0 Å². The van der Waals surface area contributed by atoms with Crippen LogP contribution in [0.2, 0.25) is 0 Å². The summed E-state index contributed by atoms with van der Waals surface area (Å²) in [5.41, 5.74) is 3.44. The van der Waals surface area contributed by atoms with E-state index in [9.17, 15) is 9.50 Å². The number of aromatic amines is 1. The number of pyridine rings is 1. The minimum Gasteiger partial charge on any atom is -0.394 e. The Balaban J connectivity index is 1.87. The topological polar surface area (TPSA) is 73.8 Å². The zero-order valence-electron chi connectivity index (χ0n) is 14.9. The number of rotatable bonds is 7. The highest BCUT2D eigenvalue weighted by Crippen LogP contribution is 2.31. The normalized spacial score (nSPS) is 12.3. The molecule has 3 N–H and O–H groups in total. The van der Waals surface area contributed by atoms with Crippen molar-refractivity contribution in [3.05, 3.63) is 54.6 Å². The van der Waals surface area contributed by atoms with Crippen LogP contribution in [0.1, 0.15) is 20.3 Å². The van der Waals surface area contributed by atoms with Crippen molar-refractivity contribution in [1.29, 1.82) is 0 Å². The molecule has 26 heavy (non-hydrogen) atoms. The molecule has 0 bridgehead atoms. The molecule has 5 nitrogen and oxygen atoms in total. The van der Waals surface area contributed by atoms with E-state index in [-0.39, 0.29) is 18.5 Å². The van der Waals surface area contributed by atoms with Crippen LogP contribution in [0.4, 0.5) is 10.2 Å². The third-order valence-electron chi connectivity index (χ3n) is 4.16. The van der Waals surface area contributed by atoms with Crippen molar-refractivity contribution in [3.63, 3.8) is 0 Å². The summed E-state index contributed by atoms with van der Waals surface area (Å²) in [4.78, 5) is 4.36. The van der Waals surface area contributed by atoms with Gasteiger partial charge >= 0.3 is 0 Å². The summed E-state index contributed by atoms with van der Waals surface area (Å²) in [7, 11) is 0. The van der Waals surface area contributed by atoms with Crippen LogP contribution in [0.3, 0.4) is 0 Å². The van der Waals surface area contributed by atoms with Crippen molar-refractivity contribution in [2.75, 3.05) is 11.9 Å². The first-order valence-electron chi connectivity index (χ1n) is 8.70. The monoisotopic (exact) mass is 354 g/mol. The fraction of sp³-hybridized carbons (Fsp3) is 0.300. The Bertz CT molecular complexity index is 845. The molecule has 2 heterocycles. The summed E-state index contributed by atoms with van der Waals surface area (Å²) >= 11 is 0. The number of aliphatic hydroxyl groups excluding tert-OH is 1. The lowest BCUT2D eigenvalue weighted by molar-refractivity contribution is 0.259. The summed E-state index contributed by atoms with van der Waals surface area (Å²) in [6.45, 7) is 4.29. The first-order chi connectivity index (χ1) is 12.6. The molecular formula is C20H23FN4O. The van der Waals surface area contributed by atoms with Gasteiger partial charge in [0.2, 0.25) is 0 Å². The van der Waals surface area contributed by atoms with Gasteiger partial charge in [-0.05, 0) is 54.3 Å². The Morgan fingerprint density at radius 3 is 2.62 bits per heavy atom. The van der Waals surface area contributed by atoms with Crippen molar-refractivity contribution in [2.24, 2.45) is 5.92 Å². The third kappa shape index (κ3) is 4.26. The summed E-state index contributed by atoms with van der Waals surface area (Å²) in [5.74, 6) is 0.900. The summed E-state index contributed by atoms with van der Waals surface area (Å²) < 4.78 is 13.2. The molecule has 0 aliphatic carbocycles. The molecule has 0 unspecified atom stereocenters. The highest BCUT2D eigenvalue weighted by molar-refractivity contribution is 5.81. The van der Waals surface area contributed by atoms with E-state index in [1.54, 1.807) is 18.3 Å². The molecule has 0 radical (unpaired) electrons. The minimum atomic E-state index is -0.276. The van der Waals surface area contributed by atoms with Crippen LogP contribution in [-0.4, -0.2) is 32.9 Å². The first-order valence-corrected chi connectivity index (χ1v) is 8.70. The molecule has 1 aromatic carbocycles. The largest absolute Gasteiger partial charge is 0.394 e. The van der Waals surface area contributed by atoms with Gasteiger partial charge in [-0.3, -0.25) is 5.10 Å². The fourth-order valence-corrected chi connectivity index (χ4v) is 2.97. The van der Waals surface area contributed by atoms with E-state index in [2.05, 4.69) is 34.3 Å². The van der Waals surface area contributed by atoms with Crippen LogP contribution in [0.15, 0.2) is 48.8 Å². The van der Waals surface area contributed by atoms with Crippen LogP contribution >= 0.6 is 0 Å². The van der Waals surface area contributed by atoms with Gasteiger partial charge in [0.15, 0.2) is 0 Å². The molecule has 3 aromatic rings. The van der Waals surface area contributed by atoms with Crippen LogP contribution in [0, 0.1) is 11.7 Å². The van der Waals surface area contributed by atoms with Gasteiger partial charge in [0.05, 0.1) is 18.3 Å².